The number of amides is 4. The molecule has 0 radical (unpaired) electrons. The molecule has 4 amide bonds. The molecule has 1 unspecified atom stereocenters. The summed E-state index contributed by atoms with van der Waals surface area (Å²) in [5.41, 5.74) is 6.69. The summed E-state index contributed by atoms with van der Waals surface area (Å²) >= 11 is 0.877. The van der Waals surface area contributed by atoms with Crippen molar-refractivity contribution in [1.29, 1.82) is 0 Å². The van der Waals surface area contributed by atoms with Crippen LogP contribution in [-0.2, 0) is 9.59 Å². The van der Waals surface area contributed by atoms with Gasteiger partial charge >= 0.3 is 0 Å². The maximum Gasteiger partial charge on any atom is 0.286 e. The molecular formula is C17H20N4O4S. The molecule has 8 nitrogen and oxygen atoms in total. The van der Waals surface area contributed by atoms with E-state index in [4.69, 9.17) is 5.73 Å². The van der Waals surface area contributed by atoms with Gasteiger partial charge in [-0.15, -0.1) is 0 Å². The van der Waals surface area contributed by atoms with Gasteiger partial charge in [0.25, 0.3) is 5.24 Å². The zero-order valence-corrected chi connectivity index (χ0v) is 15.0. The van der Waals surface area contributed by atoms with Gasteiger partial charge in [-0.3, -0.25) is 24.5 Å². The average Bonchev–Trinajstić information content (AvgIpc) is 2.81. The molecule has 0 saturated carbocycles. The number of rotatable bonds is 4. The van der Waals surface area contributed by atoms with Crippen molar-refractivity contribution in [3.8, 4) is 0 Å². The molecule has 0 aliphatic carbocycles. The number of primary amides is 1. The number of hydrogen-bond donors (Lipinski definition) is 2. The standard InChI is InChI=1S/C17H20N4O4S/c18-15(23)11-2-4-12(5-3-11)20-6-1-7-21(9-8-20)14(22)10-13-16(24)19-17(25)26-13/h2-5,13H,1,6-10H2,(H2,18,23)(H,19,24,25). The molecule has 0 bridgehead atoms. The molecule has 1 aromatic carbocycles. The predicted octanol–water partition coefficient (Wildman–Crippen LogP) is 0.566. The Labute approximate surface area is 155 Å². The number of anilines is 1. The van der Waals surface area contributed by atoms with Crippen molar-refractivity contribution in [2.45, 2.75) is 18.1 Å². The first-order valence-electron chi connectivity index (χ1n) is 8.38. The first-order chi connectivity index (χ1) is 12.4. The second kappa shape index (κ2) is 7.77. The summed E-state index contributed by atoms with van der Waals surface area (Å²) in [5, 5.41) is 1.18. The normalized spacial score (nSPS) is 20.7. The fourth-order valence-electron chi connectivity index (χ4n) is 3.08. The molecule has 0 spiro atoms. The van der Waals surface area contributed by atoms with E-state index in [-0.39, 0.29) is 18.2 Å². The summed E-state index contributed by atoms with van der Waals surface area (Å²) in [6, 6.07) is 7.09. The molecule has 3 N–H and O–H groups in total. The van der Waals surface area contributed by atoms with Crippen molar-refractivity contribution in [3.05, 3.63) is 29.8 Å². The van der Waals surface area contributed by atoms with Gasteiger partial charge in [-0.2, -0.15) is 0 Å². The van der Waals surface area contributed by atoms with E-state index in [2.05, 4.69) is 10.2 Å². The molecule has 138 valence electrons. The quantitative estimate of drug-likeness (QED) is 0.794. The molecule has 2 heterocycles. The van der Waals surface area contributed by atoms with Crippen molar-refractivity contribution in [2.75, 3.05) is 31.1 Å². The van der Waals surface area contributed by atoms with E-state index in [0.29, 0.717) is 25.2 Å². The van der Waals surface area contributed by atoms with Crippen molar-refractivity contribution in [3.63, 3.8) is 0 Å². The molecular weight excluding hydrogens is 356 g/mol. The van der Waals surface area contributed by atoms with E-state index >= 15 is 0 Å². The van der Waals surface area contributed by atoms with Gasteiger partial charge in [-0.25, -0.2) is 0 Å². The lowest BCUT2D eigenvalue weighted by molar-refractivity contribution is -0.132. The minimum atomic E-state index is -0.629. The van der Waals surface area contributed by atoms with E-state index in [9.17, 15) is 19.2 Å². The summed E-state index contributed by atoms with van der Waals surface area (Å²) in [5.74, 6) is -0.964. The maximum atomic E-state index is 12.5. The van der Waals surface area contributed by atoms with Crippen LogP contribution in [0.25, 0.3) is 0 Å². The number of benzene rings is 1. The Kier molecular flexibility index (Phi) is 5.46. The smallest absolute Gasteiger partial charge is 0.286 e. The van der Waals surface area contributed by atoms with Crippen molar-refractivity contribution >= 4 is 40.4 Å². The molecule has 9 heteroatoms. The van der Waals surface area contributed by atoms with Crippen LogP contribution in [0.5, 0.6) is 0 Å². The highest BCUT2D eigenvalue weighted by Crippen LogP contribution is 2.23. The van der Waals surface area contributed by atoms with Crippen LogP contribution in [0.3, 0.4) is 0 Å². The predicted molar refractivity (Wildman–Crippen MR) is 97.9 cm³/mol. The second-order valence-corrected chi connectivity index (χ2v) is 7.40. The van der Waals surface area contributed by atoms with Gasteiger partial charge in [-0.05, 0) is 30.7 Å². The van der Waals surface area contributed by atoms with E-state index in [1.54, 1.807) is 17.0 Å². The van der Waals surface area contributed by atoms with Crippen LogP contribution in [-0.4, -0.2) is 59.3 Å². The Morgan fingerprint density at radius 1 is 1.12 bits per heavy atom. The minimum absolute atomic E-state index is 0.0373. The van der Waals surface area contributed by atoms with Gasteiger partial charge in [0, 0.05) is 43.9 Å². The largest absolute Gasteiger partial charge is 0.370 e. The topological polar surface area (TPSA) is 113 Å². The zero-order valence-electron chi connectivity index (χ0n) is 14.1. The minimum Gasteiger partial charge on any atom is -0.370 e. The molecule has 1 aromatic rings. The summed E-state index contributed by atoms with van der Waals surface area (Å²) in [6.07, 6.45) is 0.835. The number of carbonyl (C=O) groups is 4. The number of thioether (sulfide) groups is 1. The van der Waals surface area contributed by atoms with E-state index in [1.807, 2.05) is 12.1 Å². The number of carbonyl (C=O) groups excluding carboxylic acids is 4. The highest BCUT2D eigenvalue weighted by atomic mass is 32.2. The van der Waals surface area contributed by atoms with E-state index in [0.717, 1.165) is 30.4 Å². The van der Waals surface area contributed by atoms with Gasteiger partial charge in [-0.1, -0.05) is 11.8 Å². The third kappa shape index (κ3) is 4.16. The zero-order chi connectivity index (χ0) is 18.7. The fourth-order valence-corrected chi connectivity index (χ4v) is 3.89. The Balaban J connectivity index is 1.57. The first-order valence-corrected chi connectivity index (χ1v) is 9.26. The van der Waals surface area contributed by atoms with Crippen molar-refractivity contribution < 1.29 is 19.2 Å². The summed E-state index contributed by atoms with van der Waals surface area (Å²) in [6.45, 7) is 2.60. The maximum absolute atomic E-state index is 12.5. The Morgan fingerprint density at radius 2 is 1.85 bits per heavy atom. The lowest BCUT2D eigenvalue weighted by Gasteiger charge is -2.24. The van der Waals surface area contributed by atoms with Gasteiger partial charge in [0.15, 0.2) is 0 Å². The van der Waals surface area contributed by atoms with E-state index in [1.165, 1.54) is 0 Å². The first kappa shape index (κ1) is 18.2. The summed E-state index contributed by atoms with van der Waals surface area (Å²) in [4.78, 5) is 50.4. The summed E-state index contributed by atoms with van der Waals surface area (Å²) in [7, 11) is 0. The Morgan fingerprint density at radius 3 is 2.46 bits per heavy atom. The molecule has 2 aliphatic heterocycles. The molecule has 2 aliphatic rings. The molecule has 2 fully saturated rings. The lowest BCUT2D eigenvalue weighted by atomic mass is 10.2. The summed E-state index contributed by atoms with van der Waals surface area (Å²) < 4.78 is 0. The fraction of sp³-hybridized carbons (Fsp3) is 0.412. The third-order valence-electron chi connectivity index (χ3n) is 4.49. The monoisotopic (exact) mass is 376 g/mol. The molecule has 0 aromatic heterocycles. The van der Waals surface area contributed by atoms with Crippen LogP contribution >= 0.6 is 11.8 Å². The van der Waals surface area contributed by atoms with Crippen LogP contribution in [0.1, 0.15) is 23.2 Å². The molecule has 3 rings (SSSR count). The van der Waals surface area contributed by atoms with Gasteiger partial charge < -0.3 is 15.5 Å². The van der Waals surface area contributed by atoms with Gasteiger partial charge in [0.1, 0.15) is 5.25 Å². The molecule has 1 atom stereocenters. The van der Waals surface area contributed by atoms with Crippen molar-refractivity contribution in [1.82, 2.24) is 10.2 Å². The Bertz CT molecular complexity index is 737. The average molecular weight is 376 g/mol. The number of hydrogen-bond acceptors (Lipinski definition) is 6. The number of nitrogens with two attached hydrogens (primary N) is 1. The SMILES string of the molecule is NC(=O)c1ccc(N2CCCN(C(=O)CC3SC(=O)NC3=O)CC2)cc1. The van der Waals surface area contributed by atoms with Gasteiger partial charge in [0.05, 0.1) is 0 Å². The number of nitrogens with zero attached hydrogens (tertiary/aromatic N) is 2. The van der Waals surface area contributed by atoms with E-state index < -0.39 is 16.4 Å². The molecule has 26 heavy (non-hydrogen) atoms. The molecule has 2 saturated heterocycles. The van der Waals surface area contributed by atoms with Crippen LogP contribution in [0.15, 0.2) is 24.3 Å². The van der Waals surface area contributed by atoms with Gasteiger partial charge in [0.2, 0.25) is 17.7 Å². The number of imide groups is 1. The van der Waals surface area contributed by atoms with Crippen LogP contribution in [0, 0.1) is 0 Å². The highest BCUT2D eigenvalue weighted by molar-refractivity contribution is 8.15. The van der Waals surface area contributed by atoms with Crippen LogP contribution < -0.4 is 16.0 Å². The Hall–Kier alpha value is -2.55. The van der Waals surface area contributed by atoms with Crippen molar-refractivity contribution in [2.24, 2.45) is 5.73 Å². The van der Waals surface area contributed by atoms with Crippen LogP contribution in [0.2, 0.25) is 0 Å². The number of nitrogens with one attached hydrogen (secondary N) is 1. The third-order valence-corrected chi connectivity index (χ3v) is 5.47. The lowest BCUT2D eigenvalue weighted by Crippen LogP contribution is -2.37. The highest BCUT2D eigenvalue weighted by Gasteiger charge is 2.34. The van der Waals surface area contributed by atoms with Crippen LogP contribution in [0.4, 0.5) is 10.5 Å². The second-order valence-electron chi connectivity index (χ2n) is 6.22.